The van der Waals surface area contributed by atoms with Gasteiger partial charge in [-0.05, 0) is 53.8 Å². The summed E-state index contributed by atoms with van der Waals surface area (Å²) >= 11 is 0. The Balaban J connectivity index is 3.08. The van der Waals surface area contributed by atoms with Gasteiger partial charge >= 0.3 is 0 Å². The van der Waals surface area contributed by atoms with Crippen molar-refractivity contribution in [2.45, 2.75) is 103 Å². The maximum Gasteiger partial charge on any atom is 0.192 e. The highest BCUT2D eigenvalue weighted by atomic mass is 28.4. The molecule has 0 spiro atoms. The minimum absolute atomic E-state index is 0.0165. The second-order valence-corrected chi connectivity index (χ2v) is 20.3. The molecule has 1 aliphatic carbocycles. The van der Waals surface area contributed by atoms with Gasteiger partial charge in [-0.25, -0.2) is 0 Å². The first-order valence-corrected chi connectivity index (χ1v) is 15.7. The molecule has 26 heavy (non-hydrogen) atoms. The highest BCUT2D eigenvalue weighted by Crippen LogP contribution is 2.43. The molecule has 0 aliphatic heterocycles. The number of hydrogen-bond acceptors (Lipinski definition) is 3. The van der Waals surface area contributed by atoms with E-state index in [4.69, 9.17) is 8.85 Å². The van der Waals surface area contributed by atoms with Crippen LogP contribution < -0.4 is 0 Å². The lowest BCUT2D eigenvalue weighted by Crippen LogP contribution is -2.49. The average molecular weight is 399 g/mol. The summed E-state index contributed by atoms with van der Waals surface area (Å²) in [6.45, 7) is 27.1. The molecular formula is C21H42O3Si2. The van der Waals surface area contributed by atoms with Crippen LogP contribution in [-0.2, 0) is 8.85 Å². The lowest BCUT2D eigenvalue weighted by Gasteiger charge is -2.45. The van der Waals surface area contributed by atoms with Crippen LogP contribution in [0.2, 0.25) is 36.3 Å². The van der Waals surface area contributed by atoms with Crippen LogP contribution in [0.3, 0.4) is 0 Å². The van der Waals surface area contributed by atoms with Gasteiger partial charge in [0.1, 0.15) is 0 Å². The van der Waals surface area contributed by atoms with Gasteiger partial charge in [0, 0.05) is 6.42 Å². The highest BCUT2D eigenvalue weighted by molar-refractivity contribution is 6.74. The van der Waals surface area contributed by atoms with Crippen molar-refractivity contribution in [2.24, 2.45) is 0 Å². The largest absolute Gasteiger partial charge is 0.413 e. The molecule has 0 aromatic carbocycles. The third-order valence-corrected chi connectivity index (χ3v) is 15.6. The van der Waals surface area contributed by atoms with Crippen LogP contribution in [0.4, 0.5) is 0 Å². The molecule has 0 saturated heterocycles. The second kappa shape index (κ2) is 8.04. The van der Waals surface area contributed by atoms with Gasteiger partial charge in [-0.1, -0.05) is 54.2 Å². The zero-order valence-corrected chi connectivity index (χ0v) is 20.8. The third kappa shape index (κ3) is 5.65. The Morgan fingerprint density at radius 2 is 1.46 bits per heavy atom. The van der Waals surface area contributed by atoms with E-state index in [2.05, 4.69) is 74.3 Å². The van der Waals surface area contributed by atoms with Crippen LogP contribution in [0.15, 0.2) is 23.8 Å². The Kier molecular flexibility index (Phi) is 7.37. The summed E-state index contributed by atoms with van der Waals surface area (Å²) in [5.74, 6) is 0. The van der Waals surface area contributed by atoms with Crippen molar-refractivity contribution in [3.8, 4) is 0 Å². The fourth-order valence-electron chi connectivity index (χ4n) is 2.71. The van der Waals surface area contributed by atoms with Crippen LogP contribution in [0.5, 0.6) is 0 Å². The van der Waals surface area contributed by atoms with Crippen LogP contribution in [0.1, 0.15) is 54.4 Å². The summed E-state index contributed by atoms with van der Waals surface area (Å²) in [7, 11) is -3.76. The molecule has 0 amide bonds. The van der Waals surface area contributed by atoms with Gasteiger partial charge < -0.3 is 14.0 Å². The second-order valence-electron chi connectivity index (χ2n) is 10.7. The Labute approximate surface area is 164 Å². The molecule has 1 N–H and O–H groups in total. The predicted molar refractivity (Wildman–Crippen MR) is 118 cm³/mol. The van der Waals surface area contributed by atoms with E-state index in [9.17, 15) is 5.11 Å². The normalized spacial score (nSPS) is 25.0. The van der Waals surface area contributed by atoms with Crippen molar-refractivity contribution in [3.63, 3.8) is 0 Å². The standard InChI is InChI=1S/C21H42O3Si2/c1-16-17(12-13-22)14-18(23-25(8,9)20(2,3)4)15-19(16)24-26(10,11)21(5,6)7/h12,18-19,22H,1,13-15H2,2-11H3/b17-12-/t18-,19-/m0/s1. The highest BCUT2D eigenvalue weighted by Gasteiger charge is 2.44. The molecular weight excluding hydrogens is 356 g/mol. The summed E-state index contributed by atoms with van der Waals surface area (Å²) in [4.78, 5) is 0. The zero-order valence-electron chi connectivity index (χ0n) is 18.8. The van der Waals surface area contributed by atoms with Gasteiger partial charge in [0.25, 0.3) is 0 Å². The van der Waals surface area contributed by atoms with E-state index in [0.717, 1.165) is 24.0 Å². The molecule has 0 aromatic heterocycles. The molecule has 0 unspecified atom stereocenters. The van der Waals surface area contributed by atoms with Crippen molar-refractivity contribution in [1.29, 1.82) is 0 Å². The number of rotatable bonds is 5. The average Bonchev–Trinajstić information content (AvgIpc) is 2.40. The topological polar surface area (TPSA) is 38.7 Å². The number of hydrogen-bond donors (Lipinski definition) is 1. The van der Waals surface area contributed by atoms with Crippen LogP contribution in [0.25, 0.3) is 0 Å². The van der Waals surface area contributed by atoms with Crippen LogP contribution in [-0.4, -0.2) is 40.6 Å². The van der Waals surface area contributed by atoms with E-state index in [1.165, 1.54) is 0 Å². The molecule has 0 radical (unpaired) electrons. The zero-order chi connectivity index (χ0) is 20.6. The minimum Gasteiger partial charge on any atom is -0.413 e. The number of aliphatic hydroxyl groups excluding tert-OH is 1. The maximum absolute atomic E-state index is 9.45. The Bertz CT molecular complexity index is 536. The van der Waals surface area contributed by atoms with E-state index in [1.807, 2.05) is 6.08 Å². The van der Waals surface area contributed by atoms with Crippen molar-refractivity contribution >= 4 is 16.6 Å². The Morgan fingerprint density at radius 3 is 1.88 bits per heavy atom. The first-order chi connectivity index (χ1) is 11.5. The smallest absolute Gasteiger partial charge is 0.192 e. The van der Waals surface area contributed by atoms with Gasteiger partial charge in [-0.3, -0.25) is 0 Å². The lowest BCUT2D eigenvalue weighted by molar-refractivity contribution is 0.0967. The SMILES string of the molecule is C=C1/C(=C\CO)C[C@H](O[Si](C)(C)C(C)(C)C)C[C@@H]1O[Si](C)(C)C(C)(C)C. The minimum atomic E-state index is -1.91. The first kappa shape index (κ1) is 23.8. The summed E-state index contributed by atoms with van der Waals surface area (Å²) in [6.07, 6.45) is 3.68. The van der Waals surface area contributed by atoms with Crippen LogP contribution in [0, 0.1) is 0 Å². The molecule has 5 heteroatoms. The van der Waals surface area contributed by atoms with Gasteiger partial charge in [0.2, 0.25) is 0 Å². The van der Waals surface area contributed by atoms with Gasteiger partial charge in [0.05, 0.1) is 18.8 Å². The molecule has 0 heterocycles. The van der Waals surface area contributed by atoms with Gasteiger partial charge in [0.15, 0.2) is 16.6 Å². The Morgan fingerprint density at radius 1 is 1.00 bits per heavy atom. The van der Waals surface area contributed by atoms with Crippen LogP contribution >= 0.6 is 0 Å². The fraction of sp³-hybridized carbons (Fsp3) is 0.810. The molecule has 0 aromatic rings. The van der Waals surface area contributed by atoms with E-state index in [-0.39, 0.29) is 28.9 Å². The summed E-state index contributed by atoms with van der Waals surface area (Å²) in [5.41, 5.74) is 2.13. The van der Waals surface area contributed by atoms with Crippen molar-refractivity contribution in [3.05, 3.63) is 23.8 Å². The van der Waals surface area contributed by atoms with E-state index >= 15 is 0 Å². The Hall–Kier alpha value is -0.206. The maximum atomic E-state index is 9.45. The quantitative estimate of drug-likeness (QED) is 0.574. The predicted octanol–water partition coefficient (Wildman–Crippen LogP) is 6.04. The molecule has 2 atom stereocenters. The third-order valence-electron chi connectivity index (χ3n) is 6.57. The molecule has 1 aliphatic rings. The molecule has 152 valence electrons. The molecule has 1 fully saturated rings. The van der Waals surface area contributed by atoms with Gasteiger partial charge in [-0.2, -0.15) is 0 Å². The summed E-state index contributed by atoms with van der Waals surface area (Å²) in [5, 5.41) is 9.78. The molecule has 3 nitrogen and oxygen atoms in total. The summed E-state index contributed by atoms with van der Waals surface area (Å²) < 4.78 is 13.4. The van der Waals surface area contributed by atoms with Crippen molar-refractivity contribution < 1.29 is 14.0 Å². The summed E-state index contributed by atoms with van der Waals surface area (Å²) in [6, 6.07) is 0. The van der Waals surface area contributed by atoms with Crippen molar-refractivity contribution in [2.75, 3.05) is 6.61 Å². The molecule has 1 saturated carbocycles. The first-order valence-electron chi connectivity index (χ1n) is 9.86. The van der Waals surface area contributed by atoms with E-state index in [0.29, 0.717) is 0 Å². The van der Waals surface area contributed by atoms with Crippen molar-refractivity contribution in [1.82, 2.24) is 0 Å². The van der Waals surface area contributed by atoms with E-state index < -0.39 is 16.6 Å². The van der Waals surface area contributed by atoms with E-state index in [1.54, 1.807) is 0 Å². The monoisotopic (exact) mass is 398 g/mol. The molecule has 1 rings (SSSR count). The van der Waals surface area contributed by atoms with Gasteiger partial charge in [-0.15, -0.1) is 0 Å². The fourth-order valence-corrected chi connectivity index (χ4v) is 5.38. The molecule has 0 bridgehead atoms. The lowest BCUT2D eigenvalue weighted by atomic mass is 9.86. The number of aliphatic hydroxyl groups is 1.